The molecule has 0 fully saturated rings. The van der Waals surface area contributed by atoms with Crippen LogP contribution in [0.5, 0.6) is 0 Å². The molecule has 0 saturated carbocycles. The number of hydrogen-bond donors (Lipinski definition) is 2. The number of hydrazine groups is 1. The van der Waals surface area contributed by atoms with Gasteiger partial charge in [-0.3, -0.25) is 11.3 Å². The van der Waals surface area contributed by atoms with Crippen LogP contribution in [0.1, 0.15) is 29.1 Å². The zero-order chi connectivity index (χ0) is 12.2. The molecular weight excluding hydrogens is 244 g/mol. The van der Waals surface area contributed by atoms with Gasteiger partial charge in [0.15, 0.2) is 0 Å². The summed E-state index contributed by atoms with van der Waals surface area (Å²) in [5.74, 6) is 5.60. The fourth-order valence-corrected chi connectivity index (χ4v) is 3.12. The van der Waals surface area contributed by atoms with Gasteiger partial charge in [0, 0.05) is 16.0 Å². The molecule has 0 saturated heterocycles. The van der Waals surface area contributed by atoms with Crippen molar-refractivity contribution in [3.8, 4) is 0 Å². The van der Waals surface area contributed by atoms with Crippen LogP contribution in [0.25, 0.3) is 0 Å². The summed E-state index contributed by atoms with van der Waals surface area (Å²) in [7, 11) is -2.93. The molecule has 3 N–H and O–H groups in total. The van der Waals surface area contributed by atoms with Crippen molar-refractivity contribution >= 4 is 21.2 Å². The van der Waals surface area contributed by atoms with Crippen molar-refractivity contribution in [1.82, 2.24) is 5.43 Å². The Hall–Kier alpha value is -0.430. The number of nitrogens with two attached hydrogens (primary N) is 1. The van der Waals surface area contributed by atoms with Gasteiger partial charge in [-0.05, 0) is 25.0 Å². The van der Waals surface area contributed by atoms with Crippen molar-refractivity contribution in [2.45, 2.75) is 25.8 Å². The van der Waals surface area contributed by atoms with E-state index < -0.39 is 9.84 Å². The fourth-order valence-electron chi connectivity index (χ4n) is 1.41. The minimum Gasteiger partial charge on any atom is -0.271 e. The largest absolute Gasteiger partial charge is 0.271 e. The fraction of sp³-hybridized carbons (Fsp3) is 0.600. The van der Waals surface area contributed by atoms with E-state index in [9.17, 15) is 8.42 Å². The second-order valence-electron chi connectivity index (χ2n) is 3.80. The third kappa shape index (κ3) is 4.21. The van der Waals surface area contributed by atoms with E-state index in [0.29, 0.717) is 6.42 Å². The van der Waals surface area contributed by atoms with Crippen molar-refractivity contribution in [3.05, 3.63) is 21.9 Å². The van der Waals surface area contributed by atoms with Crippen LogP contribution in [0.15, 0.2) is 12.1 Å². The van der Waals surface area contributed by atoms with Crippen LogP contribution in [0, 0.1) is 0 Å². The molecule has 92 valence electrons. The van der Waals surface area contributed by atoms with E-state index in [2.05, 4.69) is 18.4 Å². The van der Waals surface area contributed by atoms with Gasteiger partial charge in [-0.2, -0.15) is 0 Å². The molecule has 1 unspecified atom stereocenters. The molecule has 0 bridgehead atoms. The lowest BCUT2D eigenvalue weighted by Gasteiger charge is -2.13. The lowest BCUT2D eigenvalue weighted by Crippen LogP contribution is -2.28. The topological polar surface area (TPSA) is 72.2 Å². The second kappa shape index (κ2) is 5.77. The van der Waals surface area contributed by atoms with Crippen molar-refractivity contribution in [1.29, 1.82) is 0 Å². The van der Waals surface area contributed by atoms with Crippen LogP contribution in [-0.2, 0) is 16.3 Å². The van der Waals surface area contributed by atoms with E-state index in [4.69, 9.17) is 5.84 Å². The highest BCUT2D eigenvalue weighted by Gasteiger charge is 2.14. The number of aryl methyl sites for hydroxylation is 1. The molecule has 1 atom stereocenters. The summed E-state index contributed by atoms with van der Waals surface area (Å²) in [4.78, 5) is 2.39. The van der Waals surface area contributed by atoms with E-state index in [-0.39, 0.29) is 11.8 Å². The monoisotopic (exact) mass is 262 g/mol. The lowest BCUT2D eigenvalue weighted by atomic mass is 10.2. The molecule has 0 aliphatic carbocycles. The molecule has 1 heterocycles. The Morgan fingerprint density at radius 2 is 2.19 bits per heavy atom. The first-order chi connectivity index (χ1) is 7.46. The van der Waals surface area contributed by atoms with E-state index in [0.717, 1.165) is 11.3 Å². The zero-order valence-electron chi connectivity index (χ0n) is 9.56. The van der Waals surface area contributed by atoms with Gasteiger partial charge >= 0.3 is 0 Å². The van der Waals surface area contributed by atoms with Gasteiger partial charge in [-0.1, -0.05) is 6.92 Å². The van der Waals surface area contributed by atoms with Gasteiger partial charge in [0.25, 0.3) is 0 Å². The highest BCUT2D eigenvalue weighted by Crippen LogP contribution is 2.25. The number of rotatable bonds is 6. The summed E-state index contributed by atoms with van der Waals surface area (Å²) >= 11 is 1.68. The van der Waals surface area contributed by atoms with Crippen molar-refractivity contribution < 1.29 is 8.42 Å². The first-order valence-corrected chi connectivity index (χ1v) is 8.06. The smallest absolute Gasteiger partial charge is 0.147 e. The molecule has 16 heavy (non-hydrogen) atoms. The maximum atomic E-state index is 11.1. The quantitative estimate of drug-likeness (QED) is 0.598. The van der Waals surface area contributed by atoms with E-state index in [1.807, 2.05) is 6.07 Å². The number of thiophene rings is 1. The Morgan fingerprint density at radius 1 is 1.50 bits per heavy atom. The highest BCUT2D eigenvalue weighted by atomic mass is 32.2. The lowest BCUT2D eigenvalue weighted by molar-refractivity contribution is 0.538. The minimum absolute atomic E-state index is 0.0694. The average Bonchev–Trinajstić information content (AvgIpc) is 2.65. The predicted molar refractivity (Wildman–Crippen MR) is 68.1 cm³/mol. The summed E-state index contributed by atoms with van der Waals surface area (Å²) < 4.78 is 22.2. The van der Waals surface area contributed by atoms with Gasteiger partial charge in [0.1, 0.15) is 9.84 Å². The summed E-state index contributed by atoms with van der Waals surface area (Å²) in [6.07, 6.45) is 2.75. The normalized spacial score (nSPS) is 13.9. The maximum absolute atomic E-state index is 11.1. The van der Waals surface area contributed by atoms with Crippen molar-refractivity contribution in [3.63, 3.8) is 0 Å². The van der Waals surface area contributed by atoms with Gasteiger partial charge in [-0.15, -0.1) is 11.3 Å². The Bertz CT molecular complexity index is 426. The molecule has 0 aliphatic heterocycles. The standard InChI is InChI=1S/C10H18N2O2S2/c1-3-8-4-5-10(15-8)9(12-11)6-7-16(2,13)14/h4-5,9,12H,3,6-7,11H2,1-2H3. The Balaban J connectivity index is 2.67. The summed E-state index contributed by atoms with van der Waals surface area (Å²) in [5, 5.41) is 0. The highest BCUT2D eigenvalue weighted by molar-refractivity contribution is 7.90. The number of nitrogens with one attached hydrogen (secondary N) is 1. The Kier molecular flexibility index (Phi) is 4.91. The van der Waals surface area contributed by atoms with Crippen LogP contribution in [0.4, 0.5) is 0 Å². The third-order valence-corrected chi connectivity index (χ3v) is 4.67. The average molecular weight is 262 g/mol. The van der Waals surface area contributed by atoms with Crippen LogP contribution in [0.3, 0.4) is 0 Å². The SMILES string of the molecule is CCc1ccc(C(CCS(C)(=O)=O)NN)s1. The number of sulfone groups is 1. The van der Waals surface area contributed by atoms with E-state index >= 15 is 0 Å². The summed E-state index contributed by atoms with van der Waals surface area (Å²) in [5.41, 5.74) is 2.67. The van der Waals surface area contributed by atoms with Crippen LogP contribution >= 0.6 is 11.3 Å². The van der Waals surface area contributed by atoms with Crippen molar-refractivity contribution in [2.24, 2.45) is 5.84 Å². The molecule has 0 aromatic carbocycles. The Labute approximate surface area is 101 Å². The zero-order valence-corrected chi connectivity index (χ0v) is 11.2. The Morgan fingerprint density at radius 3 is 2.62 bits per heavy atom. The summed E-state index contributed by atoms with van der Waals surface area (Å²) in [6.45, 7) is 2.09. The first kappa shape index (κ1) is 13.6. The number of hydrogen-bond acceptors (Lipinski definition) is 5. The first-order valence-electron chi connectivity index (χ1n) is 5.18. The molecule has 0 spiro atoms. The van der Waals surface area contributed by atoms with Crippen molar-refractivity contribution in [2.75, 3.05) is 12.0 Å². The van der Waals surface area contributed by atoms with Crippen LogP contribution in [-0.4, -0.2) is 20.4 Å². The van der Waals surface area contributed by atoms with Gasteiger partial charge in [0.2, 0.25) is 0 Å². The molecular formula is C10H18N2O2S2. The summed E-state index contributed by atoms with van der Waals surface area (Å²) in [6, 6.07) is 4.00. The second-order valence-corrected chi connectivity index (χ2v) is 7.26. The predicted octanol–water partition coefficient (Wildman–Crippen LogP) is 1.25. The molecule has 1 rings (SSSR count). The molecule has 0 aliphatic rings. The minimum atomic E-state index is -2.93. The molecule has 1 aromatic rings. The molecule has 0 radical (unpaired) electrons. The third-order valence-electron chi connectivity index (χ3n) is 2.35. The van der Waals surface area contributed by atoms with E-state index in [1.54, 1.807) is 11.3 Å². The van der Waals surface area contributed by atoms with E-state index in [1.165, 1.54) is 11.1 Å². The molecule has 6 heteroatoms. The molecule has 0 amide bonds. The van der Waals surface area contributed by atoms with Gasteiger partial charge < -0.3 is 0 Å². The van der Waals surface area contributed by atoms with Crippen LogP contribution < -0.4 is 11.3 Å². The van der Waals surface area contributed by atoms with Gasteiger partial charge in [0.05, 0.1) is 11.8 Å². The van der Waals surface area contributed by atoms with Crippen LogP contribution in [0.2, 0.25) is 0 Å². The maximum Gasteiger partial charge on any atom is 0.147 e. The molecule has 4 nitrogen and oxygen atoms in total. The molecule has 1 aromatic heterocycles. The van der Waals surface area contributed by atoms with Gasteiger partial charge in [-0.25, -0.2) is 8.42 Å².